The summed E-state index contributed by atoms with van der Waals surface area (Å²) in [5.74, 6) is -3.92. The molecule has 1 aromatic heterocycles. The lowest BCUT2D eigenvalue weighted by Gasteiger charge is -2.46. The quantitative estimate of drug-likeness (QED) is 0.0178. The average Bonchev–Trinajstić information content (AvgIpc) is 3.91. The maximum absolute atomic E-state index is 13.8. The van der Waals surface area contributed by atoms with Crippen molar-refractivity contribution in [1.82, 2.24) is 30.7 Å². The largest absolute Gasteiger partial charge is 0.479 e. The number of unbranched alkanes of at least 4 members (excludes halogenated alkanes) is 2. The molecule has 0 aliphatic carbocycles. The number of hydrogen-bond donors (Lipinski definition) is 9. The summed E-state index contributed by atoms with van der Waals surface area (Å²) in [6.07, 6.45) is 3.55. The molecule has 0 spiro atoms. The number of imide groups is 1. The summed E-state index contributed by atoms with van der Waals surface area (Å²) in [4.78, 5) is 112. The number of amides is 7. The third-order valence-corrected chi connectivity index (χ3v) is 18.3. The summed E-state index contributed by atoms with van der Waals surface area (Å²) >= 11 is 3.82. The fourth-order valence-electron chi connectivity index (χ4n) is 9.87. The Kier molecular flexibility index (Phi) is 22.4. The average molecular weight is 1260 g/mol. The number of nitrogens with zero attached hydrogens (tertiary/aromatic N) is 3. The zero-order valence-corrected chi connectivity index (χ0v) is 48.2. The number of thioether (sulfide) groups is 1. The number of likely N-dealkylation sites (tertiary alicyclic amines) is 2. The van der Waals surface area contributed by atoms with Gasteiger partial charge >= 0.3 is 12.1 Å². The number of carbonyl (C=O) groups is 8. The van der Waals surface area contributed by atoms with Crippen molar-refractivity contribution in [1.29, 1.82) is 0 Å². The molecule has 0 radical (unpaired) electrons. The van der Waals surface area contributed by atoms with Crippen LogP contribution in [-0.4, -0.2) is 166 Å². The molecule has 5 unspecified atom stereocenters. The van der Waals surface area contributed by atoms with Crippen LogP contribution >= 0.6 is 34.4 Å². The van der Waals surface area contributed by atoms with E-state index in [1.54, 1.807) is 53.7 Å². The van der Waals surface area contributed by atoms with Crippen LogP contribution in [0.4, 0.5) is 16.2 Å². The lowest BCUT2D eigenvalue weighted by molar-refractivity contribution is -0.271. The van der Waals surface area contributed by atoms with Gasteiger partial charge in [-0.25, -0.2) is 9.59 Å². The highest BCUT2D eigenvalue weighted by molar-refractivity contribution is 14.1. The summed E-state index contributed by atoms with van der Waals surface area (Å²) in [7, 11) is 0. The van der Waals surface area contributed by atoms with Crippen LogP contribution in [0.5, 0.6) is 5.75 Å². The molecule has 7 atom stereocenters. The number of alkyl halides is 1. The Morgan fingerprint density at radius 2 is 1.72 bits per heavy atom. The van der Waals surface area contributed by atoms with E-state index in [9.17, 15) is 58.8 Å². The van der Waals surface area contributed by atoms with Crippen LogP contribution in [0.25, 0.3) is 6.08 Å². The number of rotatable bonds is 26. The van der Waals surface area contributed by atoms with Crippen molar-refractivity contribution in [2.75, 3.05) is 49.9 Å². The van der Waals surface area contributed by atoms with E-state index in [1.165, 1.54) is 36.0 Å². The van der Waals surface area contributed by atoms with Gasteiger partial charge in [0, 0.05) is 81.8 Å². The first-order chi connectivity index (χ1) is 38.8. The molecule has 4 aliphatic rings. The maximum atomic E-state index is 13.8. The number of benzene rings is 2. The van der Waals surface area contributed by atoms with Crippen molar-refractivity contribution < 1.29 is 73.0 Å². The summed E-state index contributed by atoms with van der Waals surface area (Å²) in [6, 6.07) is 14.2. The van der Waals surface area contributed by atoms with Gasteiger partial charge in [0.2, 0.25) is 35.8 Å². The number of hydrogen-bond acceptors (Lipinski definition) is 17. The highest BCUT2D eigenvalue weighted by Gasteiger charge is 2.58. The maximum Gasteiger partial charge on any atom is 0.411 e. The van der Waals surface area contributed by atoms with E-state index in [2.05, 4.69) is 61.1 Å². The molecule has 438 valence electrons. The van der Waals surface area contributed by atoms with Gasteiger partial charge in [0.15, 0.2) is 11.6 Å². The lowest BCUT2D eigenvalue weighted by atomic mass is 9.89. The highest BCUT2D eigenvalue weighted by atomic mass is 127. The monoisotopic (exact) mass is 1250 g/mol. The summed E-state index contributed by atoms with van der Waals surface area (Å²) < 4.78 is 16.4. The van der Waals surface area contributed by atoms with Gasteiger partial charge < -0.3 is 60.8 Å². The van der Waals surface area contributed by atoms with Gasteiger partial charge in [0.1, 0.15) is 30.7 Å². The van der Waals surface area contributed by atoms with Crippen molar-refractivity contribution >= 4 is 99.3 Å². The van der Waals surface area contributed by atoms with E-state index < -0.39 is 77.2 Å². The van der Waals surface area contributed by atoms with Crippen molar-refractivity contribution in [3.63, 3.8) is 0 Å². The SMILES string of the molecule is CCCCC(I)(CC)SC1CC(=O)N(C2(C(=O)NCCC(=O)Nc3cc(COC(=O)Nc4cccc(C(=O)N5CCC(CCCCNC(=O)/C=C/c6cccnc6)CC5)c4)ccc3O[C@@H]3OC(C(=O)O)C(O)[C@H](O)C3O)CNC2)C1=O. The Balaban J connectivity index is 0.915. The van der Waals surface area contributed by atoms with Gasteiger partial charge in [0.05, 0.1) is 13.7 Å². The second-order valence-corrected chi connectivity index (χ2v) is 24.9. The number of piperidine rings is 1. The second-order valence-electron chi connectivity index (χ2n) is 20.5. The smallest absolute Gasteiger partial charge is 0.411 e. The molecular formula is C56H71IN8O15S. The van der Waals surface area contributed by atoms with E-state index >= 15 is 0 Å². The third-order valence-electron chi connectivity index (χ3n) is 14.7. The van der Waals surface area contributed by atoms with Crippen LogP contribution in [0.1, 0.15) is 106 Å². The van der Waals surface area contributed by atoms with Gasteiger partial charge in [0.25, 0.3) is 5.91 Å². The summed E-state index contributed by atoms with van der Waals surface area (Å²) in [5, 5.41) is 54.2. The molecule has 81 heavy (non-hydrogen) atoms. The Morgan fingerprint density at radius 3 is 2.41 bits per heavy atom. The molecule has 7 rings (SSSR count). The van der Waals surface area contributed by atoms with E-state index in [1.807, 2.05) is 13.0 Å². The summed E-state index contributed by atoms with van der Waals surface area (Å²) in [5.41, 5.74) is 0.233. The molecule has 0 saturated carbocycles. The van der Waals surface area contributed by atoms with E-state index in [0.717, 1.165) is 68.3 Å². The fourth-order valence-corrected chi connectivity index (χ4v) is 12.5. The number of ether oxygens (including phenoxy) is 3. The summed E-state index contributed by atoms with van der Waals surface area (Å²) in [6.45, 7) is 5.31. The van der Waals surface area contributed by atoms with Crippen molar-refractivity contribution in [2.24, 2.45) is 5.92 Å². The van der Waals surface area contributed by atoms with Crippen LogP contribution in [0.2, 0.25) is 0 Å². The van der Waals surface area contributed by atoms with Crippen molar-refractivity contribution in [2.45, 2.75) is 135 Å². The standard InChI is InChI=1S/C56H71IN8O15S/c1-3-5-21-56(57,4-2)81-41-29-44(68)65(50(41)73)55(32-59-33-55)53(76)61-24-18-43(67)63-39-27-36(14-16-40(39)79-52-47(71)45(69)46(70)48(80-52)51(74)75)31-78-54(77)62-38-13-8-12-37(28-38)49(72)64-25-19-34(20-26-64)10-6-7-23-60-42(66)17-15-35-11-9-22-58-30-35/h8-9,11-17,22,27-28,30,34,41,45-48,52,59,69-71H,3-7,10,18-21,23-26,29,31-33H2,1-2H3,(H,60,66)(H,61,76)(H,62,77)(H,63,67)(H,74,75)/b17-15+/t41?,45-,46?,47?,48?,52+,56?/m0/s1. The molecule has 9 N–H and O–H groups in total. The van der Waals surface area contributed by atoms with E-state index in [-0.39, 0.29) is 65.1 Å². The number of carboxylic acid groups (broad SMARTS) is 1. The Morgan fingerprint density at radius 1 is 0.938 bits per heavy atom. The number of aliphatic hydroxyl groups excluding tert-OH is 3. The predicted molar refractivity (Wildman–Crippen MR) is 307 cm³/mol. The number of nitrogens with one attached hydrogen (secondary N) is 5. The first-order valence-electron chi connectivity index (χ1n) is 27.3. The molecule has 4 aliphatic heterocycles. The molecule has 0 bridgehead atoms. The first-order valence-corrected chi connectivity index (χ1v) is 29.2. The topological polar surface area (TPSA) is 325 Å². The van der Waals surface area contributed by atoms with Gasteiger partial charge in [-0.05, 0) is 91.6 Å². The molecule has 5 heterocycles. The van der Waals surface area contributed by atoms with Crippen LogP contribution in [0.15, 0.2) is 73.1 Å². The Bertz CT molecular complexity index is 2770. The molecular weight excluding hydrogens is 1180 g/mol. The van der Waals surface area contributed by atoms with Crippen molar-refractivity contribution in [3.05, 3.63) is 89.8 Å². The number of carbonyl (C=O) groups excluding carboxylic acids is 7. The van der Waals surface area contributed by atoms with Crippen LogP contribution < -0.4 is 31.3 Å². The Hall–Kier alpha value is -6.23. The number of aliphatic carboxylic acids is 1. The van der Waals surface area contributed by atoms with Gasteiger partial charge in [-0.2, -0.15) is 0 Å². The number of pyridine rings is 1. The zero-order chi connectivity index (χ0) is 58.3. The molecule has 3 aromatic rings. The normalized spacial score (nSPS) is 22.5. The van der Waals surface area contributed by atoms with E-state index in [4.69, 9.17) is 14.2 Å². The molecule has 23 nitrogen and oxygen atoms in total. The lowest BCUT2D eigenvalue weighted by Crippen LogP contribution is -2.76. The van der Waals surface area contributed by atoms with Gasteiger partial charge in [-0.15, -0.1) is 11.8 Å². The minimum Gasteiger partial charge on any atom is -0.479 e. The van der Waals surface area contributed by atoms with Crippen molar-refractivity contribution in [3.8, 4) is 5.75 Å². The molecule has 4 fully saturated rings. The molecule has 2 aromatic carbocycles. The second kappa shape index (κ2) is 29.1. The third kappa shape index (κ3) is 16.5. The minimum absolute atomic E-state index is 0.0309. The highest BCUT2D eigenvalue weighted by Crippen LogP contribution is 2.47. The van der Waals surface area contributed by atoms with Gasteiger partial charge in [-0.1, -0.05) is 80.3 Å². The number of aromatic nitrogens is 1. The Labute approximate surface area is 487 Å². The number of carboxylic acids is 1. The van der Waals surface area contributed by atoms with Gasteiger partial charge in [-0.3, -0.25) is 44.0 Å². The minimum atomic E-state index is -2.00. The van der Waals surface area contributed by atoms with Crippen LogP contribution in [0, 0.1) is 5.92 Å². The first kappa shape index (κ1) is 62.4. The molecule has 7 amide bonds. The number of aliphatic hydroxyl groups is 3. The molecule has 4 saturated heterocycles. The van der Waals surface area contributed by atoms with Crippen LogP contribution in [0.3, 0.4) is 0 Å². The van der Waals surface area contributed by atoms with E-state index in [0.29, 0.717) is 42.4 Å². The number of halogens is 1. The fraction of sp³-hybridized carbons (Fsp3) is 0.518. The zero-order valence-electron chi connectivity index (χ0n) is 45.2. The predicted octanol–water partition coefficient (Wildman–Crippen LogP) is 4.33. The molecule has 25 heteroatoms. The number of anilines is 2. The van der Waals surface area contributed by atoms with Crippen LogP contribution in [-0.2, 0) is 44.8 Å².